The Labute approximate surface area is 184 Å². The predicted octanol–water partition coefficient (Wildman–Crippen LogP) is 6.71. The summed E-state index contributed by atoms with van der Waals surface area (Å²) >= 11 is 1.87. The fourth-order valence-electron chi connectivity index (χ4n) is 3.82. The molecule has 0 atom stereocenters. The van der Waals surface area contributed by atoms with Crippen LogP contribution in [0.4, 0.5) is 5.69 Å². The molecule has 0 aliphatic carbocycles. The van der Waals surface area contributed by atoms with Gasteiger partial charge >= 0.3 is 0 Å². The Hall–Kier alpha value is -2.78. The van der Waals surface area contributed by atoms with E-state index in [4.69, 9.17) is 0 Å². The number of hydrogen-bond acceptors (Lipinski definition) is 2. The molecule has 3 heteroatoms. The number of benzene rings is 2. The largest absolute Gasteiger partial charge is 0.335 e. The Kier molecular flexibility index (Phi) is 5.83. The average molecular weight is 414 g/mol. The van der Waals surface area contributed by atoms with E-state index in [-0.39, 0.29) is 0 Å². The van der Waals surface area contributed by atoms with Crippen LogP contribution in [0.2, 0.25) is 0 Å². The van der Waals surface area contributed by atoms with Crippen LogP contribution < -0.4 is 9.47 Å². The van der Waals surface area contributed by atoms with Crippen LogP contribution in [0.15, 0.2) is 82.4 Å². The van der Waals surface area contributed by atoms with Crippen LogP contribution >= 0.6 is 11.8 Å². The molecule has 4 rings (SSSR count). The van der Waals surface area contributed by atoms with E-state index in [2.05, 4.69) is 117 Å². The second kappa shape index (κ2) is 8.53. The highest BCUT2D eigenvalue weighted by atomic mass is 32.2. The highest BCUT2D eigenvalue weighted by Gasteiger charge is 2.24. The van der Waals surface area contributed by atoms with Crippen molar-refractivity contribution in [1.29, 1.82) is 0 Å². The third kappa shape index (κ3) is 3.95. The summed E-state index contributed by atoms with van der Waals surface area (Å²) in [4.78, 5) is 3.77. The van der Waals surface area contributed by atoms with Gasteiger partial charge in [-0.25, -0.2) is 4.57 Å². The van der Waals surface area contributed by atoms with Gasteiger partial charge in [-0.2, -0.15) is 0 Å². The van der Waals surface area contributed by atoms with Crippen LogP contribution in [0.25, 0.3) is 17.0 Å². The number of para-hydroxylation sites is 1. The first-order chi connectivity index (χ1) is 14.5. The number of pyridine rings is 1. The summed E-state index contributed by atoms with van der Waals surface area (Å²) in [6, 6.07) is 15.4. The van der Waals surface area contributed by atoms with Crippen molar-refractivity contribution >= 4 is 34.4 Å². The van der Waals surface area contributed by atoms with Gasteiger partial charge in [0.15, 0.2) is 6.20 Å². The maximum Gasteiger partial charge on any atom is 0.212 e. The van der Waals surface area contributed by atoms with E-state index in [1.807, 2.05) is 11.8 Å². The smallest absolute Gasteiger partial charge is 0.212 e. The molecule has 152 valence electrons. The summed E-state index contributed by atoms with van der Waals surface area (Å²) in [7, 11) is 2.09. The van der Waals surface area contributed by atoms with Gasteiger partial charge in [-0.1, -0.05) is 47.7 Å². The van der Waals surface area contributed by atoms with Crippen LogP contribution in [0, 0.1) is 13.8 Å². The topological polar surface area (TPSA) is 7.12 Å². The van der Waals surface area contributed by atoms with Crippen molar-refractivity contribution in [3.05, 3.63) is 94.2 Å². The number of aryl methyl sites for hydroxylation is 3. The summed E-state index contributed by atoms with van der Waals surface area (Å²) in [5.41, 5.74) is 7.77. The molecule has 0 N–H and O–H groups in total. The molecule has 0 spiro atoms. The highest BCUT2D eigenvalue weighted by Crippen LogP contribution is 2.46. The van der Waals surface area contributed by atoms with E-state index in [1.165, 1.54) is 48.8 Å². The number of fused-ring (bicyclic) bond motifs is 2. The van der Waals surface area contributed by atoms with E-state index in [0.29, 0.717) is 0 Å². The second-order valence-electron chi connectivity index (χ2n) is 7.90. The van der Waals surface area contributed by atoms with Crippen molar-refractivity contribution in [2.75, 3.05) is 11.4 Å². The van der Waals surface area contributed by atoms with Gasteiger partial charge in [-0.3, -0.25) is 0 Å². The second-order valence-corrected chi connectivity index (χ2v) is 8.96. The molecule has 1 aliphatic rings. The fourth-order valence-corrected chi connectivity index (χ4v) is 5.02. The normalized spacial score (nSPS) is 15.6. The van der Waals surface area contributed by atoms with E-state index in [1.54, 1.807) is 0 Å². The maximum absolute atomic E-state index is 2.41. The molecule has 2 heterocycles. The van der Waals surface area contributed by atoms with Crippen molar-refractivity contribution in [2.45, 2.75) is 32.6 Å². The first-order valence-electron chi connectivity index (χ1n) is 10.5. The molecule has 0 radical (unpaired) electrons. The molecule has 3 aromatic rings. The van der Waals surface area contributed by atoms with Crippen LogP contribution in [0.1, 0.15) is 30.5 Å². The Balaban J connectivity index is 1.59. The molecular weight excluding hydrogens is 384 g/mol. The molecule has 30 heavy (non-hydrogen) atoms. The Morgan fingerprint density at radius 2 is 1.87 bits per heavy atom. The number of nitrogens with zero attached hydrogens (tertiary/aromatic N) is 2. The van der Waals surface area contributed by atoms with E-state index < -0.39 is 0 Å². The minimum atomic E-state index is 0.976. The first kappa shape index (κ1) is 20.5. The lowest BCUT2D eigenvalue weighted by atomic mass is 10.1. The lowest BCUT2D eigenvalue weighted by Crippen LogP contribution is -2.28. The Morgan fingerprint density at radius 1 is 1.10 bits per heavy atom. The molecule has 0 saturated heterocycles. The number of anilines is 1. The summed E-state index contributed by atoms with van der Waals surface area (Å²) in [5.74, 6) is 0. The third-order valence-corrected chi connectivity index (χ3v) is 6.86. The van der Waals surface area contributed by atoms with Gasteiger partial charge in [0.1, 0.15) is 7.05 Å². The maximum atomic E-state index is 2.41. The standard InChI is InChI=1S/C27H29N2S/c1-6-29-25-17-20(3)21(4)18-26(25)30-27(29)14-12-19(2)11-13-22-15-16-28(5)24-10-8-7-9-23(22)24/h7-18H,6H2,1-5H3/q+1. The number of thioether (sulfide) groups is 1. The van der Waals surface area contributed by atoms with Crippen LogP contribution in [-0.4, -0.2) is 6.54 Å². The molecule has 0 amide bonds. The van der Waals surface area contributed by atoms with Gasteiger partial charge in [0, 0.05) is 23.6 Å². The zero-order valence-electron chi connectivity index (χ0n) is 18.4. The molecule has 0 bridgehead atoms. The Bertz CT molecular complexity index is 1200. The highest BCUT2D eigenvalue weighted by molar-refractivity contribution is 8.03. The van der Waals surface area contributed by atoms with E-state index >= 15 is 0 Å². The number of aromatic nitrogens is 1. The third-order valence-electron chi connectivity index (χ3n) is 5.75. The summed E-state index contributed by atoms with van der Waals surface area (Å²) in [6.07, 6.45) is 11.0. The van der Waals surface area contributed by atoms with E-state index in [0.717, 1.165) is 6.54 Å². The van der Waals surface area contributed by atoms with Crippen molar-refractivity contribution < 1.29 is 4.57 Å². The van der Waals surface area contributed by atoms with E-state index in [9.17, 15) is 0 Å². The predicted molar refractivity (Wildman–Crippen MR) is 131 cm³/mol. The molecule has 0 unspecified atom stereocenters. The minimum Gasteiger partial charge on any atom is -0.335 e. The molecular formula is C27H29N2S+. The lowest BCUT2D eigenvalue weighted by Gasteiger charge is -2.18. The van der Waals surface area contributed by atoms with Crippen LogP contribution in [0.5, 0.6) is 0 Å². The summed E-state index contributed by atoms with van der Waals surface area (Å²) in [6.45, 7) is 9.74. The zero-order valence-corrected chi connectivity index (χ0v) is 19.3. The molecule has 2 aromatic carbocycles. The molecule has 1 aliphatic heterocycles. The molecule has 2 nitrogen and oxygen atoms in total. The van der Waals surface area contributed by atoms with Crippen LogP contribution in [0.3, 0.4) is 0 Å². The summed E-state index contributed by atoms with van der Waals surface area (Å²) < 4.78 is 2.16. The van der Waals surface area contributed by atoms with Gasteiger partial charge in [0.05, 0.1) is 16.1 Å². The van der Waals surface area contributed by atoms with Gasteiger partial charge in [-0.15, -0.1) is 0 Å². The Morgan fingerprint density at radius 3 is 2.67 bits per heavy atom. The van der Waals surface area contributed by atoms with Crippen molar-refractivity contribution in [3.63, 3.8) is 0 Å². The first-order valence-corrected chi connectivity index (χ1v) is 11.3. The number of hydrogen-bond donors (Lipinski definition) is 0. The van der Waals surface area contributed by atoms with Crippen molar-refractivity contribution in [2.24, 2.45) is 7.05 Å². The number of allylic oxidation sites excluding steroid dienone is 4. The quantitative estimate of drug-likeness (QED) is 0.346. The SMILES string of the molecule is CCN1C(=CC=C(C)C=Cc2cc[n+](C)c3ccccc23)Sc2cc(C)c(C)cc21. The molecule has 0 fully saturated rings. The van der Waals surface area contributed by atoms with Gasteiger partial charge in [0.2, 0.25) is 5.52 Å². The van der Waals surface area contributed by atoms with Crippen LogP contribution in [-0.2, 0) is 7.05 Å². The lowest BCUT2D eigenvalue weighted by molar-refractivity contribution is -0.644. The zero-order chi connectivity index (χ0) is 21.3. The number of rotatable bonds is 4. The van der Waals surface area contributed by atoms with Gasteiger partial charge in [0.25, 0.3) is 0 Å². The summed E-state index contributed by atoms with van der Waals surface area (Å²) in [5, 5.41) is 2.57. The molecule has 0 saturated carbocycles. The molecule has 1 aromatic heterocycles. The van der Waals surface area contributed by atoms with Gasteiger partial charge < -0.3 is 4.90 Å². The monoisotopic (exact) mass is 413 g/mol. The average Bonchev–Trinajstić information content (AvgIpc) is 3.08. The fraction of sp³-hybridized carbons (Fsp3) is 0.222. The van der Waals surface area contributed by atoms with Crippen molar-refractivity contribution in [3.8, 4) is 0 Å². The minimum absolute atomic E-state index is 0.976. The van der Waals surface area contributed by atoms with Gasteiger partial charge in [-0.05, 0) is 68.7 Å². The van der Waals surface area contributed by atoms with Crippen molar-refractivity contribution in [1.82, 2.24) is 0 Å².